The average molecular weight is 568 g/mol. The summed E-state index contributed by atoms with van der Waals surface area (Å²) in [6.45, 7) is -2.66. The van der Waals surface area contributed by atoms with Crippen molar-refractivity contribution < 1.29 is 54.0 Å². The third kappa shape index (κ3) is 15.5. The average Bonchev–Trinajstić information content (AvgIpc) is 3.15. The van der Waals surface area contributed by atoms with Crippen molar-refractivity contribution >= 4 is 41.6 Å². The second kappa shape index (κ2) is 18.4. The highest BCUT2D eigenvalue weighted by molar-refractivity contribution is 6.12. The van der Waals surface area contributed by atoms with Crippen LogP contribution < -0.4 is 25.7 Å². The number of nitrogens with one attached hydrogen (secondary N) is 1. The molecule has 0 bridgehead atoms. The van der Waals surface area contributed by atoms with Crippen LogP contribution in [0.25, 0.3) is 0 Å². The summed E-state index contributed by atoms with van der Waals surface area (Å²) >= 11 is 0. The number of hydrogen-bond donors (Lipinski definition) is 1. The van der Waals surface area contributed by atoms with Gasteiger partial charge in [-0.15, -0.1) is 0 Å². The Bertz CT molecular complexity index is 865. The van der Waals surface area contributed by atoms with Gasteiger partial charge in [-0.1, -0.05) is 12.8 Å². The first-order valence-corrected chi connectivity index (χ1v) is 12.6. The Hall–Kier alpha value is -3.89. The maximum atomic E-state index is 12.5. The number of rotatable bonds is 23. The fourth-order valence-electron chi connectivity index (χ4n) is 3.88. The number of carboxylic acid groups (broad SMARTS) is 4. The lowest BCUT2D eigenvalue weighted by Crippen LogP contribution is -2.50. The predicted molar refractivity (Wildman–Crippen MR) is 127 cm³/mol. The van der Waals surface area contributed by atoms with E-state index in [9.17, 15) is 54.0 Å². The highest BCUT2D eigenvalue weighted by atomic mass is 16.4. The summed E-state index contributed by atoms with van der Waals surface area (Å²) in [6.07, 6.45) is 5.10. The summed E-state index contributed by atoms with van der Waals surface area (Å²) in [5, 5.41) is 46.4. The molecule has 224 valence electrons. The largest absolute Gasteiger partial charge is 0.549 e. The standard InChI is InChI=1S/C24H37N5O11/c30-18(25-7-3-1-2-4-8-29-19(31)5-6-20(29)32)13-26(9-11-27(14-21(33)34)15-22(35)36)10-12-28(16-23(37)38)17-24(39)40/h5-6H,1-4,7-17H2,(H,25,30)(H,33,34)(H,35,36)(H,37,38)(H,39,40)/p-4. The zero-order valence-electron chi connectivity index (χ0n) is 22.0. The molecule has 0 saturated heterocycles. The van der Waals surface area contributed by atoms with Gasteiger partial charge in [-0.25, -0.2) is 0 Å². The van der Waals surface area contributed by atoms with Crippen LogP contribution in [0.3, 0.4) is 0 Å². The summed E-state index contributed by atoms with van der Waals surface area (Å²) in [7, 11) is 0. The molecule has 3 amide bonds. The molecule has 0 atom stereocenters. The fourth-order valence-corrected chi connectivity index (χ4v) is 3.88. The number of aliphatic carboxylic acids is 4. The van der Waals surface area contributed by atoms with Crippen LogP contribution in [0.2, 0.25) is 0 Å². The summed E-state index contributed by atoms with van der Waals surface area (Å²) in [5.74, 6) is -7.18. The fraction of sp³-hybridized carbons (Fsp3) is 0.625. The van der Waals surface area contributed by atoms with E-state index in [0.29, 0.717) is 25.9 Å². The van der Waals surface area contributed by atoms with Crippen molar-refractivity contribution in [1.29, 1.82) is 0 Å². The monoisotopic (exact) mass is 567 g/mol. The highest BCUT2D eigenvalue weighted by Crippen LogP contribution is 2.07. The molecular weight excluding hydrogens is 534 g/mol. The van der Waals surface area contributed by atoms with Crippen molar-refractivity contribution in [2.75, 3.05) is 72.0 Å². The lowest BCUT2D eigenvalue weighted by atomic mass is 10.2. The van der Waals surface area contributed by atoms with Crippen molar-refractivity contribution in [3.63, 3.8) is 0 Å². The van der Waals surface area contributed by atoms with Gasteiger partial charge in [0.1, 0.15) is 0 Å². The number of carboxylic acids is 4. The second-order valence-corrected chi connectivity index (χ2v) is 9.11. The lowest BCUT2D eigenvalue weighted by Gasteiger charge is -2.30. The van der Waals surface area contributed by atoms with E-state index in [1.54, 1.807) is 0 Å². The third-order valence-corrected chi connectivity index (χ3v) is 5.77. The smallest absolute Gasteiger partial charge is 0.253 e. The van der Waals surface area contributed by atoms with Gasteiger partial charge in [0, 0.05) is 77.6 Å². The number of hydrogen-bond acceptors (Lipinski definition) is 14. The molecule has 0 radical (unpaired) electrons. The Labute approximate surface area is 230 Å². The Balaban J connectivity index is 2.57. The van der Waals surface area contributed by atoms with Crippen molar-refractivity contribution in [1.82, 2.24) is 24.9 Å². The van der Waals surface area contributed by atoms with Crippen LogP contribution in [0.4, 0.5) is 0 Å². The molecule has 0 unspecified atom stereocenters. The minimum atomic E-state index is -1.52. The van der Waals surface area contributed by atoms with Gasteiger partial charge in [0.05, 0.1) is 30.4 Å². The molecular formula is C24H33N5O11-4. The Morgan fingerprint density at radius 2 is 1.00 bits per heavy atom. The predicted octanol–water partition coefficient (Wildman–Crippen LogP) is -7.51. The van der Waals surface area contributed by atoms with Crippen molar-refractivity contribution in [3.05, 3.63) is 12.2 Å². The van der Waals surface area contributed by atoms with Gasteiger partial charge in [0.2, 0.25) is 5.91 Å². The van der Waals surface area contributed by atoms with Gasteiger partial charge >= 0.3 is 0 Å². The highest BCUT2D eigenvalue weighted by Gasteiger charge is 2.22. The Morgan fingerprint density at radius 3 is 1.43 bits per heavy atom. The van der Waals surface area contributed by atoms with Gasteiger partial charge in [-0.3, -0.25) is 34.0 Å². The van der Waals surface area contributed by atoms with Gasteiger partial charge in [-0.2, -0.15) is 0 Å². The minimum absolute atomic E-state index is 0.0126. The van der Waals surface area contributed by atoms with E-state index in [1.165, 1.54) is 17.1 Å². The number of unbranched alkanes of at least 4 members (excludes halogenated alkanes) is 3. The molecule has 0 aromatic heterocycles. The SMILES string of the molecule is O=C([O-])CN(CCN(CCN(CC(=O)[O-])CC(=O)[O-])CC(=O)NCCCCCCN1C(=O)C=CC1=O)CC(=O)[O-]. The number of carbonyl (C=O) groups is 7. The summed E-state index contributed by atoms with van der Waals surface area (Å²) in [4.78, 5) is 84.0. The molecule has 0 aliphatic carbocycles. The molecule has 0 saturated carbocycles. The van der Waals surface area contributed by atoms with Crippen LogP contribution in [0, 0.1) is 0 Å². The van der Waals surface area contributed by atoms with Gasteiger partial charge in [0.25, 0.3) is 11.8 Å². The number of carbonyl (C=O) groups excluding carboxylic acids is 7. The minimum Gasteiger partial charge on any atom is -0.549 e. The third-order valence-electron chi connectivity index (χ3n) is 5.77. The molecule has 0 fully saturated rings. The molecule has 0 aromatic carbocycles. The first-order chi connectivity index (χ1) is 18.9. The molecule has 1 aliphatic heterocycles. The molecule has 1 N–H and O–H groups in total. The van der Waals surface area contributed by atoms with E-state index in [2.05, 4.69) is 5.32 Å². The van der Waals surface area contributed by atoms with Crippen molar-refractivity contribution in [3.8, 4) is 0 Å². The van der Waals surface area contributed by atoms with E-state index in [0.717, 1.165) is 27.5 Å². The van der Waals surface area contributed by atoms with Crippen LogP contribution in [0.5, 0.6) is 0 Å². The topological polar surface area (TPSA) is 237 Å². The number of imide groups is 1. The van der Waals surface area contributed by atoms with Crippen molar-refractivity contribution in [2.45, 2.75) is 25.7 Å². The molecule has 16 nitrogen and oxygen atoms in total. The normalized spacial score (nSPS) is 13.0. The summed E-state index contributed by atoms with van der Waals surface area (Å²) in [6, 6.07) is 0. The Kier molecular flexibility index (Phi) is 15.7. The van der Waals surface area contributed by atoms with Crippen LogP contribution in [0.1, 0.15) is 25.7 Å². The molecule has 40 heavy (non-hydrogen) atoms. The molecule has 1 heterocycles. The van der Waals surface area contributed by atoms with Gasteiger partial charge < -0.3 is 44.9 Å². The zero-order chi connectivity index (χ0) is 30.1. The Morgan fingerprint density at radius 1 is 0.600 bits per heavy atom. The van der Waals surface area contributed by atoms with Gasteiger partial charge in [0.15, 0.2) is 0 Å². The van der Waals surface area contributed by atoms with Gasteiger partial charge in [-0.05, 0) is 12.8 Å². The number of nitrogens with zero attached hydrogens (tertiary/aromatic N) is 4. The van der Waals surface area contributed by atoms with E-state index >= 15 is 0 Å². The second-order valence-electron chi connectivity index (χ2n) is 9.11. The van der Waals surface area contributed by atoms with Crippen molar-refractivity contribution in [2.24, 2.45) is 0 Å². The molecule has 1 aliphatic rings. The maximum absolute atomic E-state index is 12.5. The summed E-state index contributed by atoms with van der Waals surface area (Å²) < 4.78 is 0. The first kappa shape index (κ1) is 34.1. The van der Waals surface area contributed by atoms with E-state index < -0.39 is 56.0 Å². The molecule has 16 heteroatoms. The van der Waals surface area contributed by atoms with Crippen LogP contribution >= 0.6 is 0 Å². The zero-order valence-corrected chi connectivity index (χ0v) is 22.0. The van der Waals surface area contributed by atoms with Crippen LogP contribution in [-0.4, -0.2) is 133 Å². The van der Waals surface area contributed by atoms with Crippen LogP contribution in [0.15, 0.2) is 12.2 Å². The van der Waals surface area contributed by atoms with E-state index in [-0.39, 0.29) is 44.5 Å². The van der Waals surface area contributed by atoms with E-state index in [4.69, 9.17) is 0 Å². The first-order valence-electron chi connectivity index (χ1n) is 12.6. The molecule has 0 spiro atoms. The quantitative estimate of drug-likeness (QED) is 0.0892. The summed E-state index contributed by atoms with van der Waals surface area (Å²) in [5.41, 5.74) is 0. The van der Waals surface area contributed by atoms with Crippen LogP contribution in [-0.2, 0) is 33.6 Å². The van der Waals surface area contributed by atoms with E-state index in [1.807, 2.05) is 0 Å². The number of amides is 3. The molecule has 0 aromatic rings. The molecule has 1 rings (SSSR count). The maximum Gasteiger partial charge on any atom is 0.253 e. The lowest BCUT2D eigenvalue weighted by molar-refractivity contribution is -0.312.